The molecular formula is C99H84BN3. The van der Waals surface area contributed by atoms with Crippen LogP contribution in [-0.2, 0) is 21.7 Å². The van der Waals surface area contributed by atoms with Crippen LogP contribution in [0.5, 0.6) is 0 Å². The molecule has 0 N–H and O–H groups in total. The SMILES string of the molecule is [2H]c1c([2H])c([2H])c(-c2ccc3c(c2)B2c4ccc(-n5c6ccc(C(C)(C)C)cc6c6cc(C(C)(C)C)ccc65)cc4N(c4c(-c5ccccc5)cc(C(C)(C)C)cc4-c4ccccc4)c4cc(-c5cccc6c5-c5ccccc5C6(C)C)cc(c42)N3c2cc(-c3ccccc3)cc(-c3ccccc3)c2)c([2H])c1[2H]. The fourth-order valence-electron chi connectivity index (χ4n) is 16.9. The van der Waals surface area contributed by atoms with E-state index in [2.05, 4.69) is 364 Å². The van der Waals surface area contributed by atoms with Crippen LogP contribution in [0.2, 0.25) is 0 Å². The predicted molar refractivity (Wildman–Crippen MR) is 441 cm³/mol. The van der Waals surface area contributed by atoms with Crippen LogP contribution in [-0.4, -0.2) is 11.3 Å². The Balaban J connectivity index is 1.04. The first-order valence-electron chi connectivity index (χ1n) is 38.8. The summed E-state index contributed by atoms with van der Waals surface area (Å²) in [6.45, 7) is 25.0. The summed E-state index contributed by atoms with van der Waals surface area (Å²) in [6.07, 6.45) is 0. The highest BCUT2D eigenvalue weighted by Crippen LogP contribution is 2.57. The molecule has 1 aliphatic carbocycles. The van der Waals surface area contributed by atoms with E-state index in [0.717, 1.165) is 123 Å². The zero-order valence-corrected chi connectivity index (χ0v) is 60.5. The molecule has 0 saturated carbocycles. The summed E-state index contributed by atoms with van der Waals surface area (Å²) in [7, 11) is 0. The van der Waals surface area contributed by atoms with Crippen molar-refractivity contribution in [2.45, 2.75) is 97.8 Å². The standard InChI is InChI=1S/C99H84BN3/c1-96(2,3)72-45-50-87-81(58-72)82-59-73(97(4,5)6)46-51-88(82)101(87)75-47-48-85-90(62-75)103(95-79(66-36-23-15-24-37-66)60-74(98(7,8)9)61-80(95)67-38-25-16-26-39-67)92-57-71(77-41-29-43-84-93(77)78-40-27-28-42-83(78)99(84,10)11)56-91-94(92)100(85)86-55-68(63-30-17-12-18-31-63)44-49-89(86)102(91)76-53-69(64-32-19-13-20-33-64)52-70(54-76)65-34-21-14-22-35-65/h12-62H,1-11H3/i12D,17D,18D,30D,31D. The van der Waals surface area contributed by atoms with E-state index in [1.165, 1.54) is 49.7 Å². The van der Waals surface area contributed by atoms with Crippen molar-refractivity contribution < 1.29 is 6.85 Å². The lowest BCUT2D eigenvalue weighted by Gasteiger charge is -2.45. The van der Waals surface area contributed by atoms with Crippen LogP contribution in [0.4, 0.5) is 34.1 Å². The Morgan fingerprint density at radius 2 is 0.835 bits per heavy atom. The molecule has 14 aromatic carbocycles. The van der Waals surface area contributed by atoms with E-state index >= 15 is 0 Å². The lowest BCUT2D eigenvalue weighted by atomic mass is 9.33. The average Bonchev–Trinajstić information content (AvgIpc) is 0.735. The number of aromatic nitrogens is 1. The van der Waals surface area contributed by atoms with Crippen LogP contribution in [0.25, 0.3) is 105 Å². The molecule has 0 spiro atoms. The molecule has 3 nitrogen and oxygen atoms in total. The second-order valence-corrected chi connectivity index (χ2v) is 32.1. The summed E-state index contributed by atoms with van der Waals surface area (Å²) < 4.78 is 48.9. The minimum absolute atomic E-state index is 0.111. The van der Waals surface area contributed by atoms with Gasteiger partial charge in [0.15, 0.2) is 0 Å². The minimum atomic E-state index is -0.511. The molecule has 1 aromatic heterocycles. The molecular weight excluding hydrogens is 1240 g/mol. The zero-order chi connectivity index (χ0) is 74.8. The first-order valence-corrected chi connectivity index (χ1v) is 36.3. The summed E-state index contributed by atoms with van der Waals surface area (Å²) in [6, 6.07) is 102. The maximum absolute atomic E-state index is 9.66. The highest BCUT2D eigenvalue weighted by Gasteiger charge is 2.46. The maximum Gasteiger partial charge on any atom is 0.252 e. The number of benzene rings is 14. The zero-order valence-electron chi connectivity index (χ0n) is 65.5. The van der Waals surface area contributed by atoms with E-state index < -0.39 is 12.8 Å². The van der Waals surface area contributed by atoms with E-state index in [1.54, 1.807) is 0 Å². The molecule has 4 heteroatoms. The number of hydrogen-bond acceptors (Lipinski definition) is 2. The van der Waals surface area contributed by atoms with Crippen LogP contribution < -0.4 is 26.2 Å². The molecule has 0 bridgehead atoms. The third-order valence-electron chi connectivity index (χ3n) is 22.3. The van der Waals surface area contributed by atoms with E-state index in [1.807, 2.05) is 6.07 Å². The van der Waals surface area contributed by atoms with E-state index in [0.29, 0.717) is 5.56 Å². The monoisotopic (exact) mass is 1330 g/mol. The molecule has 18 rings (SSSR count). The molecule has 2 aliphatic heterocycles. The normalized spacial score (nSPS) is 14.3. The van der Waals surface area contributed by atoms with Gasteiger partial charge in [-0.1, -0.05) is 300 Å². The van der Waals surface area contributed by atoms with Gasteiger partial charge in [0.25, 0.3) is 6.71 Å². The van der Waals surface area contributed by atoms with Gasteiger partial charge in [0, 0.05) is 61.4 Å². The third kappa shape index (κ3) is 10.5. The van der Waals surface area contributed by atoms with Gasteiger partial charge in [-0.15, -0.1) is 0 Å². The Kier molecular flexibility index (Phi) is 13.5. The average molecular weight is 1330 g/mol. The van der Waals surface area contributed by atoms with Crippen molar-refractivity contribution in [3.05, 3.63) is 337 Å². The van der Waals surface area contributed by atoms with Gasteiger partial charge in [-0.05, 0) is 212 Å². The molecule has 103 heavy (non-hydrogen) atoms. The topological polar surface area (TPSA) is 11.4 Å². The van der Waals surface area contributed by atoms with Gasteiger partial charge in [-0.3, -0.25) is 0 Å². The van der Waals surface area contributed by atoms with E-state index in [9.17, 15) is 2.74 Å². The van der Waals surface area contributed by atoms with Crippen LogP contribution in [0.3, 0.4) is 0 Å². The summed E-state index contributed by atoms with van der Waals surface area (Å²) in [5.41, 5.74) is 31.4. The molecule has 0 saturated heterocycles. The molecule has 3 aliphatic rings. The molecule has 0 atom stereocenters. The lowest BCUT2D eigenvalue weighted by molar-refractivity contribution is 0.590. The summed E-state index contributed by atoms with van der Waals surface area (Å²) in [5, 5.41) is 2.39. The van der Waals surface area contributed by atoms with Gasteiger partial charge in [0.1, 0.15) is 0 Å². The summed E-state index contributed by atoms with van der Waals surface area (Å²) >= 11 is 0. The second kappa shape index (κ2) is 23.8. The fourth-order valence-corrected chi connectivity index (χ4v) is 16.9. The molecule has 0 unspecified atom stereocenters. The maximum atomic E-state index is 9.66. The first-order chi connectivity index (χ1) is 51.8. The van der Waals surface area contributed by atoms with Gasteiger partial charge in [-0.25, -0.2) is 0 Å². The Bertz CT molecular complexity index is 6000. The van der Waals surface area contributed by atoms with Crippen molar-refractivity contribution in [1.82, 2.24) is 4.57 Å². The number of hydrogen-bond donors (Lipinski definition) is 0. The molecule has 498 valence electrons. The van der Waals surface area contributed by atoms with Gasteiger partial charge < -0.3 is 14.4 Å². The van der Waals surface area contributed by atoms with Gasteiger partial charge >= 0.3 is 0 Å². The highest BCUT2D eigenvalue weighted by atomic mass is 15.2. The highest BCUT2D eigenvalue weighted by molar-refractivity contribution is 7.00. The van der Waals surface area contributed by atoms with E-state index in [4.69, 9.17) is 4.11 Å². The van der Waals surface area contributed by atoms with Crippen LogP contribution in [0.1, 0.15) is 111 Å². The predicted octanol–water partition coefficient (Wildman–Crippen LogP) is 25.1. The Labute approximate surface area is 615 Å². The smallest absolute Gasteiger partial charge is 0.252 e. The first kappa shape index (κ1) is 58.2. The molecule has 0 radical (unpaired) electrons. The summed E-state index contributed by atoms with van der Waals surface area (Å²) in [4.78, 5) is 5.11. The molecule has 0 fully saturated rings. The third-order valence-corrected chi connectivity index (χ3v) is 22.3. The minimum Gasteiger partial charge on any atom is -0.311 e. The largest absolute Gasteiger partial charge is 0.311 e. The molecule has 15 aromatic rings. The number of rotatable bonds is 9. The number of fused-ring (bicyclic) bond motifs is 10. The summed E-state index contributed by atoms with van der Waals surface area (Å²) in [5.74, 6) is 0. The van der Waals surface area contributed by atoms with Crippen molar-refractivity contribution in [3.8, 4) is 83.6 Å². The Morgan fingerprint density at radius 3 is 1.40 bits per heavy atom. The van der Waals surface area contributed by atoms with Crippen molar-refractivity contribution in [1.29, 1.82) is 0 Å². The quantitative estimate of drug-likeness (QED) is 0.133. The van der Waals surface area contributed by atoms with Crippen LogP contribution in [0.15, 0.2) is 309 Å². The van der Waals surface area contributed by atoms with Gasteiger partial charge in [0.2, 0.25) is 0 Å². The lowest BCUT2D eigenvalue weighted by Crippen LogP contribution is -2.61. The molecule has 3 heterocycles. The van der Waals surface area contributed by atoms with Crippen LogP contribution >= 0.6 is 0 Å². The van der Waals surface area contributed by atoms with Crippen LogP contribution in [0, 0.1) is 0 Å². The van der Waals surface area contributed by atoms with Crippen molar-refractivity contribution in [3.63, 3.8) is 0 Å². The fraction of sp³-hybridized carbons (Fsp3) is 0.152. The van der Waals surface area contributed by atoms with Crippen molar-refractivity contribution in [2.24, 2.45) is 0 Å². The number of anilines is 6. The van der Waals surface area contributed by atoms with E-state index in [-0.39, 0.29) is 51.4 Å². The van der Waals surface area contributed by atoms with Crippen molar-refractivity contribution >= 4 is 79.0 Å². The number of nitrogens with zero attached hydrogens (tertiary/aromatic N) is 3. The van der Waals surface area contributed by atoms with Crippen molar-refractivity contribution in [2.75, 3.05) is 9.80 Å². The Hall–Kier alpha value is -11.5. The Morgan fingerprint density at radius 1 is 0.320 bits per heavy atom. The molecule has 0 amide bonds. The van der Waals surface area contributed by atoms with Gasteiger partial charge in [0.05, 0.1) is 23.6 Å². The second-order valence-electron chi connectivity index (χ2n) is 32.1. The van der Waals surface area contributed by atoms with Gasteiger partial charge in [-0.2, -0.15) is 0 Å².